The number of aromatic hydroxyl groups is 1. The Hall–Kier alpha value is -4.28. The normalized spacial score (nSPS) is 24.4. The summed E-state index contributed by atoms with van der Waals surface area (Å²) in [7, 11) is 0. The fourth-order valence-corrected chi connectivity index (χ4v) is 3.77. The number of phenols is 1. The minimum absolute atomic E-state index is 0.00656. The van der Waals surface area contributed by atoms with E-state index in [0.717, 1.165) is 0 Å². The molecule has 0 bridgehead atoms. The highest BCUT2D eigenvalue weighted by Crippen LogP contribution is 2.28. The highest BCUT2D eigenvalue weighted by atomic mass is 16.7. The number of nitrogens with zero attached hydrogens (tertiary/aromatic N) is 2. The number of aromatic nitrogens is 2. The van der Waals surface area contributed by atoms with Crippen LogP contribution in [0.2, 0.25) is 0 Å². The lowest BCUT2D eigenvalue weighted by molar-refractivity contribution is -0.789. The van der Waals surface area contributed by atoms with E-state index in [1.165, 1.54) is 59.4 Å². The predicted octanol–water partition coefficient (Wildman–Crippen LogP) is -0.123. The maximum absolute atomic E-state index is 12.2. The summed E-state index contributed by atoms with van der Waals surface area (Å²) in [5, 5.41) is 67.9. The van der Waals surface area contributed by atoms with Crippen LogP contribution in [-0.2, 0) is 9.53 Å². The van der Waals surface area contributed by atoms with E-state index in [1.54, 1.807) is 6.92 Å². The molecule has 8 N–H and O–H groups in total. The first-order valence-corrected chi connectivity index (χ1v) is 11.7. The van der Waals surface area contributed by atoms with Crippen molar-refractivity contribution in [2.24, 2.45) is 0 Å². The number of aliphatic carboxylic acids is 1. The summed E-state index contributed by atoms with van der Waals surface area (Å²) in [6, 6.07) is 10.5. The number of nitrogens with one attached hydrogen (secondary N) is 2. The SMILES string of the molecule is CC(C(O)c1ccc(O[C@@H]2O[C@H](C(=O)O)[C@@H](O)[C@H](O)[C@H]2O)cc1)[n+]1cc(NC(=O)Nc2ccc(O)cc2)on1. The first-order chi connectivity index (χ1) is 18.5. The number of benzene rings is 2. The zero-order valence-corrected chi connectivity index (χ0v) is 20.4. The third-order valence-corrected chi connectivity index (χ3v) is 6.01. The van der Waals surface area contributed by atoms with Crippen LogP contribution in [0.3, 0.4) is 0 Å². The van der Waals surface area contributed by atoms with E-state index in [4.69, 9.17) is 19.1 Å². The monoisotopic (exact) mass is 547 g/mol. The minimum atomic E-state index is -1.84. The van der Waals surface area contributed by atoms with Crippen LogP contribution in [0.1, 0.15) is 24.6 Å². The van der Waals surface area contributed by atoms with E-state index < -0.39 is 54.9 Å². The first kappa shape index (κ1) is 27.7. The van der Waals surface area contributed by atoms with Crippen molar-refractivity contribution in [2.75, 3.05) is 10.6 Å². The molecular weight excluding hydrogens is 520 g/mol. The number of ether oxygens (including phenoxy) is 2. The number of rotatable bonds is 8. The smallest absolute Gasteiger partial charge is 0.335 e. The molecule has 3 aromatic rings. The maximum atomic E-state index is 12.2. The van der Waals surface area contributed by atoms with Gasteiger partial charge in [0, 0.05) is 12.6 Å². The van der Waals surface area contributed by atoms with Crippen molar-refractivity contribution in [3.05, 3.63) is 60.3 Å². The van der Waals surface area contributed by atoms with Gasteiger partial charge in [-0.1, -0.05) is 12.1 Å². The van der Waals surface area contributed by atoms with Gasteiger partial charge in [0.2, 0.25) is 17.6 Å². The number of carboxylic acids is 1. The molecule has 0 radical (unpaired) electrons. The number of hydrogen-bond acceptors (Lipinski definition) is 11. The molecule has 39 heavy (non-hydrogen) atoms. The molecule has 1 aromatic heterocycles. The van der Waals surface area contributed by atoms with Crippen LogP contribution in [0, 0.1) is 0 Å². The van der Waals surface area contributed by atoms with E-state index in [9.17, 15) is 35.1 Å². The largest absolute Gasteiger partial charge is 0.508 e. The Kier molecular flexibility index (Phi) is 8.27. The highest BCUT2D eigenvalue weighted by molar-refractivity contribution is 5.98. The average Bonchev–Trinajstić information content (AvgIpc) is 3.38. The lowest BCUT2D eigenvalue weighted by Crippen LogP contribution is -2.61. The van der Waals surface area contributed by atoms with Crippen molar-refractivity contribution in [1.29, 1.82) is 0 Å². The van der Waals surface area contributed by atoms with Crippen LogP contribution in [0.4, 0.5) is 16.4 Å². The summed E-state index contributed by atoms with van der Waals surface area (Å²) in [6.45, 7) is 1.66. The van der Waals surface area contributed by atoms with Gasteiger partial charge in [-0.15, -0.1) is 0 Å². The fourth-order valence-electron chi connectivity index (χ4n) is 3.77. The molecule has 1 aliphatic heterocycles. The van der Waals surface area contributed by atoms with E-state index in [2.05, 4.69) is 15.9 Å². The van der Waals surface area contributed by atoms with E-state index >= 15 is 0 Å². The Morgan fingerprint density at radius 3 is 2.31 bits per heavy atom. The molecule has 1 saturated heterocycles. The zero-order valence-electron chi connectivity index (χ0n) is 20.4. The highest BCUT2D eigenvalue weighted by Gasteiger charge is 2.48. The summed E-state index contributed by atoms with van der Waals surface area (Å²) in [6.07, 6.45) is -8.43. The number of anilines is 2. The Labute approximate surface area is 220 Å². The van der Waals surface area contributed by atoms with Crippen molar-refractivity contribution in [3.8, 4) is 11.5 Å². The molecule has 1 fully saturated rings. The molecule has 0 saturated carbocycles. The number of carbonyl (C=O) groups excluding carboxylic acids is 1. The zero-order chi connectivity index (χ0) is 28.3. The average molecular weight is 547 g/mol. The first-order valence-electron chi connectivity index (χ1n) is 11.7. The molecule has 15 heteroatoms. The molecular formula is C24H27N4O11+. The van der Waals surface area contributed by atoms with Gasteiger partial charge < -0.3 is 45.4 Å². The second-order valence-electron chi connectivity index (χ2n) is 8.78. The van der Waals surface area contributed by atoms with Crippen molar-refractivity contribution in [1.82, 2.24) is 5.27 Å². The van der Waals surface area contributed by atoms with Crippen LogP contribution in [0.15, 0.2) is 59.3 Å². The van der Waals surface area contributed by atoms with Crippen molar-refractivity contribution in [3.63, 3.8) is 0 Å². The lowest BCUT2D eigenvalue weighted by atomic mass is 9.99. The number of carboxylic acid groups (broad SMARTS) is 1. The molecule has 0 aliphatic carbocycles. The van der Waals surface area contributed by atoms with Gasteiger partial charge in [0.25, 0.3) is 6.20 Å². The van der Waals surface area contributed by atoms with Gasteiger partial charge in [-0.3, -0.25) is 9.84 Å². The number of aliphatic hydroxyl groups excluding tert-OH is 4. The number of amides is 2. The fraction of sp³-hybridized carbons (Fsp3) is 0.333. The molecule has 0 spiro atoms. The Bertz CT molecular complexity index is 1280. The standard InChI is InChI=1S/C24H26N4O11/c1-11(28-10-16(39-27-28)26-24(36)25-13-4-6-14(29)7-5-13)17(30)12-2-8-15(9-3-12)37-23-20(33)18(31)19(32)21(38-23)22(34)35/h2-11,17-21,23,27,30-33H,1H3,(H2,26,34,35,36)/p+1/t11?,17?,18-,19-,20+,21-,23+/m0/s1. The molecule has 1 aliphatic rings. The summed E-state index contributed by atoms with van der Waals surface area (Å²) in [4.78, 5) is 23.4. The van der Waals surface area contributed by atoms with E-state index in [1.807, 2.05) is 0 Å². The number of hydrogen-bond donors (Lipinski definition) is 8. The summed E-state index contributed by atoms with van der Waals surface area (Å²) in [5.74, 6) is -1.34. The van der Waals surface area contributed by atoms with Crippen LogP contribution in [0.25, 0.3) is 0 Å². The third-order valence-electron chi connectivity index (χ3n) is 6.01. The van der Waals surface area contributed by atoms with Gasteiger partial charge in [-0.2, -0.15) is 0 Å². The summed E-state index contributed by atoms with van der Waals surface area (Å²) >= 11 is 0. The molecule has 2 amide bonds. The van der Waals surface area contributed by atoms with Gasteiger partial charge in [-0.25, -0.2) is 9.59 Å². The minimum Gasteiger partial charge on any atom is -0.508 e. The van der Waals surface area contributed by atoms with Crippen molar-refractivity contribution >= 4 is 23.6 Å². The number of aliphatic hydroxyl groups is 4. The number of urea groups is 1. The van der Waals surface area contributed by atoms with Gasteiger partial charge in [0.15, 0.2) is 6.10 Å². The topological polar surface area (TPSA) is 228 Å². The van der Waals surface area contributed by atoms with E-state index in [0.29, 0.717) is 11.3 Å². The summed E-state index contributed by atoms with van der Waals surface area (Å²) in [5.41, 5.74) is 0.878. The van der Waals surface area contributed by atoms with Crippen LogP contribution < -0.4 is 20.1 Å². The van der Waals surface area contributed by atoms with Crippen molar-refractivity contribution in [2.45, 2.75) is 49.8 Å². The van der Waals surface area contributed by atoms with Crippen molar-refractivity contribution < 1.29 is 58.9 Å². The molecule has 208 valence electrons. The Morgan fingerprint density at radius 2 is 1.67 bits per heavy atom. The van der Waals surface area contributed by atoms with Gasteiger partial charge in [-0.05, 0) is 46.6 Å². The molecule has 7 atom stereocenters. The second kappa shape index (κ2) is 11.6. The second-order valence-corrected chi connectivity index (χ2v) is 8.78. The van der Waals surface area contributed by atoms with E-state index in [-0.39, 0.29) is 17.4 Å². The van der Waals surface area contributed by atoms with Gasteiger partial charge in [0.1, 0.15) is 35.9 Å². The Morgan fingerprint density at radius 1 is 1.00 bits per heavy atom. The van der Waals surface area contributed by atoms with Crippen LogP contribution in [0.5, 0.6) is 11.5 Å². The molecule has 2 heterocycles. The molecule has 2 aromatic carbocycles. The van der Waals surface area contributed by atoms with Crippen LogP contribution >= 0.6 is 0 Å². The van der Waals surface area contributed by atoms with Gasteiger partial charge in [0.05, 0.1) is 0 Å². The lowest BCUT2D eigenvalue weighted by Gasteiger charge is -2.38. The van der Waals surface area contributed by atoms with Crippen LogP contribution in [-0.4, -0.2) is 78.6 Å². The number of phenolic OH excluding ortho intramolecular Hbond substituents is 1. The molecule has 15 nitrogen and oxygen atoms in total. The quantitative estimate of drug-likeness (QED) is 0.136. The summed E-state index contributed by atoms with van der Waals surface area (Å²) < 4.78 is 17.0. The molecule has 4 rings (SSSR count). The third kappa shape index (κ3) is 6.42. The predicted molar refractivity (Wildman–Crippen MR) is 129 cm³/mol. The molecule has 2 unspecified atom stereocenters. The van der Waals surface area contributed by atoms with Gasteiger partial charge >= 0.3 is 17.9 Å². The maximum Gasteiger partial charge on any atom is 0.335 e. The Balaban J connectivity index is 1.35. The number of carbonyl (C=O) groups is 2.